The zero-order valence-corrected chi connectivity index (χ0v) is 19.1. The van der Waals surface area contributed by atoms with Crippen molar-refractivity contribution >= 4 is 35.1 Å². The van der Waals surface area contributed by atoms with Gasteiger partial charge in [0.05, 0.1) is 25.0 Å². The molecule has 0 bridgehead atoms. The summed E-state index contributed by atoms with van der Waals surface area (Å²) >= 11 is 5.91. The lowest BCUT2D eigenvalue weighted by molar-refractivity contribution is -0.148. The molecule has 2 rings (SSSR count). The van der Waals surface area contributed by atoms with Gasteiger partial charge in [-0.15, -0.1) is 0 Å². The first-order valence-corrected chi connectivity index (χ1v) is 10.5. The average molecular weight is 456 g/mol. The van der Waals surface area contributed by atoms with Crippen LogP contribution in [0.5, 0.6) is 0 Å². The van der Waals surface area contributed by atoms with Gasteiger partial charge in [0.15, 0.2) is 6.61 Å². The summed E-state index contributed by atoms with van der Waals surface area (Å²) < 4.78 is 5.21. The van der Waals surface area contributed by atoms with Crippen LogP contribution in [0.15, 0.2) is 42.5 Å². The van der Waals surface area contributed by atoms with Crippen molar-refractivity contribution in [1.29, 1.82) is 5.26 Å². The summed E-state index contributed by atoms with van der Waals surface area (Å²) in [7, 11) is 0. The minimum absolute atomic E-state index is 0.143. The second kappa shape index (κ2) is 11.9. The number of halogens is 1. The fraction of sp³-hybridized carbons (Fsp3) is 0.333. The number of carbonyl (C=O) groups excluding carboxylic acids is 3. The third kappa shape index (κ3) is 7.71. The first kappa shape index (κ1) is 24.9. The molecule has 1 N–H and O–H groups in total. The van der Waals surface area contributed by atoms with Crippen LogP contribution in [0, 0.1) is 25.2 Å². The van der Waals surface area contributed by atoms with Crippen molar-refractivity contribution in [3.8, 4) is 6.07 Å². The second-order valence-electron chi connectivity index (χ2n) is 7.47. The molecule has 0 aliphatic rings. The summed E-state index contributed by atoms with van der Waals surface area (Å²) in [4.78, 5) is 38.3. The maximum atomic E-state index is 12.8. The Balaban J connectivity index is 2.07. The van der Waals surface area contributed by atoms with E-state index in [1.807, 2.05) is 38.1 Å². The Morgan fingerprint density at radius 2 is 1.75 bits per heavy atom. The number of esters is 1. The van der Waals surface area contributed by atoms with Crippen molar-refractivity contribution in [2.24, 2.45) is 0 Å². The van der Waals surface area contributed by atoms with Crippen molar-refractivity contribution in [3.63, 3.8) is 0 Å². The summed E-state index contributed by atoms with van der Waals surface area (Å²) in [6.45, 7) is 4.92. The van der Waals surface area contributed by atoms with E-state index in [0.29, 0.717) is 16.3 Å². The molecule has 1 atom stereocenters. The molecular formula is C24H26ClN3O4. The Bertz CT molecular complexity index is 995. The predicted octanol–water partition coefficient (Wildman–Crippen LogP) is 4.01. The number of rotatable bonds is 9. The van der Waals surface area contributed by atoms with Gasteiger partial charge in [-0.2, -0.15) is 5.26 Å². The number of hydrogen-bond acceptors (Lipinski definition) is 5. The van der Waals surface area contributed by atoms with Gasteiger partial charge in [0.2, 0.25) is 5.91 Å². The molecule has 1 unspecified atom stereocenters. The Kier molecular flexibility index (Phi) is 9.23. The Morgan fingerprint density at radius 1 is 1.12 bits per heavy atom. The number of amides is 2. The molecule has 0 saturated heterocycles. The first-order chi connectivity index (χ1) is 15.2. The van der Waals surface area contributed by atoms with Gasteiger partial charge in [-0.05, 0) is 54.8 Å². The van der Waals surface area contributed by atoms with Crippen molar-refractivity contribution < 1.29 is 19.1 Å². The van der Waals surface area contributed by atoms with Crippen LogP contribution < -0.4 is 10.2 Å². The zero-order valence-electron chi connectivity index (χ0n) is 18.4. The largest absolute Gasteiger partial charge is 0.455 e. The first-order valence-electron chi connectivity index (χ1n) is 10.1. The number of hydrogen-bond donors (Lipinski definition) is 1. The van der Waals surface area contributed by atoms with Gasteiger partial charge < -0.3 is 15.0 Å². The van der Waals surface area contributed by atoms with E-state index in [1.54, 1.807) is 24.3 Å². The van der Waals surface area contributed by atoms with E-state index < -0.39 is 24.5 Å². The van der Waals surface area contributed by atoms with E-state index in [1.165, 1.54) is 11.8 Å². The summed E-state index contributed by atoms with van der Waals surface area (Å²) in [6, 6.07) is 13.8. The maximum Gasteiger partial charge on any atom is 0.308 e. The van der Waals surface area contributed by atoms with Gasteiger partial charge in [0, 0.05) is 24.2 Å². The Labute approximate surface area is 192 Å². The van der Waals surface area contributed by atoms with Crippen molar-refractivity contribution in [1.82, 2.24) is 5.32 Å². The minimum Gasteiger partial charge on any atom is -0.455 e. The molecule has 0 spiro atoms. The van der Waals surface area contributed by atoms with Crippen LogP contribution >= 0.6 is 11.6 Å². The standard InChI is InChI=1S/C24H26ClN3O4/c1-16-11-17(2)13-21(12-16)28(10-4-9-26)23(30)15-32-24(31)14-22(27-18(3)29)19-5-7-20(25)8-6-19/h5-8,11-13,22H,4,10,14-15H2,1-3H3,(H,27,29). The van der Waals surface area contributed by atoms with E-state index >= 15 is 0 Å². The molecule has 0 aromatic heterocycles. The van der Waals surface area contributed by atoms with Gasteiger partial charge >= 0.3 is 5.97 Å². The molecule has 2 aromatic rings. The van der Waals surface area contributed by atoms with Crippen molar-refractivity contribution in [2.45, 2.75) is 39.7 Å². The molecule has 168 valence electrons. The highest BCUT2D eigenvalue weighted by Crippen LogP contribution is 2.21. The third-order valence-electron chi connectivity index (χ3n) is 4.64. The van der Waals surface area contributed by atoms with Crippen LogP contribution in [0.2, 0.25) is 5.02 Å². The van der Waals surface area contributed by atoms with Gasteiger partial charge in [-0.25, -0.2) is 0 Å². The molecule has 0 saturated carbocycles. The summed E-state index contributed by atoms with van der Waals surface area (Å²) in [5.74, 6) is -1.36. The van der Waals surface area contributed by atoms with Gasteiger partial charge in [-0.3, -0.25) is 14.4 Å². The number of anilines is 1. The van der Waals surface area contributed by atoms with Crippen LogP contribution in [0.25, 0.3) is 0 Å². The number of carbonyl (C=O) groups is 3. The predicted molar refractivity (Wildman–Crippen MR) is 122 cm³/mol. The van der Waals surface area contributed by atoms with Gasteiger partial charge in [0.1, 0.15) is 0 Å². The Hall–Kier alpha value is -3.37. The highest BCUT2D eigenvalue weighted by Gasteiger charge is 2.21. The lowest BCUT2D eigenvalue weighted by atomic mass is 10.0. The molecule has 32 heavy (non-hydrogen) atoms. The quantitative estimate of drug-likeness (QED) is 0.576. The average Bonchev–Trinajstić information content (AvgIpc) is 2.71. The smallest absolute Gasteiger partial charge is 0.308 e. The lowest BCUT2D eigenvalue weighted by Crippen LogP contribution is -2.36. The third-order valence-corrected chi connectivity index (χ3v) is 4.90. The molecule has 8 heteroatoms. The fourth-order valence-electron chi connectivity index (χ4n) is 3.30. The zero-order chi connectivity index (χ0) is 23.7. The topological polar surface area (TPSA) is 99.5 Å². The monoisotopic (exact) mass is 455 g/mol. The van der Waals surface area contributed by atoms with Crippen LogP contribution in [0.1, 0.15) is 42.5 Å². The number of nitrogens with zero attached hydrogens (tertiary/aromatic N) is 2. The summed E-state index contributed by atoms with van der Waals surface area (Å²) in [6.07, 6.45) is 0.00406. The van der Waals surface area contributed by atoms with Crippen LogP contribution in [-0.4, -0.2) is 30.9 Å². The van der Waals surface area contributed by atoms with E-state index in [4.69, 9.17) is 21.6 Å². The van der Waals surface area contributed by atoms with Crippen molar-refractivity contribution in [3.05, 3.63) is 64.2 Å². The van der Waals surface area contributed by atoms with Gasteiger partial charge in [0.25, 0.3) is 5.91 Å². The van der Waals surface area contributed by atoms with Crippen LogP contribution in [0.4, 0.5) is 5.69 Å². The number of benzene rings is 2. The number of ether oxygens (including phenoxy) is 1. The van der Waals surface area contributed by atoms with E-state index in [9.17, 15) is 14.4 Å². The number of nitriles is 1. The van der Waals surface area contributed by atoms with Crippen LogP contribution in [0.3, 0.4) is 0 Å². The molecular weight excluding hydrogens is 430 g/mol. The molecule has 2 aromatic carbocycles. The molecule has 0 aliphatic heterocycles. The summed E-state index contributed by atoms with van der Waals surface area (Å²) in [5, 5.41) is 12.2. The molecule has 0 heterocycles. The van der Waals surface area contributed by atoms with E-state index in [2.05, 4.69) is 5.32 Å². The maximum absolute atomic E-state index is 12.8. The minimum atomic E-state index is -0.632. The second-order valence-corrected chi connectivity index (χ2v) is 7.91. The molecule has 0 aliphatic carbocycles. The summed E-state index contributed by atoms with van der Waals surface area (Å²) in [5.41, 5.74) is 3.30. The van der Waals surface area contributed by atoms with Gasteiger partial charge in [-0.1, -0.05) is 29.8 Å². The number of nitrogens with one attached hydrogen (secondary N) is 1. The van der Waals surface area contributed by atoms with Crippen molar-refractivity contribution in [2.75, 3.05) is 18.1 Å². The lowest BCUT2D eigenvalue weighted by Gasteiger charge is -2.23. The molecule has 2 amide bonds. The van der Waals surface area contributed by atoms with E-state index in [0.717, 1.165) is 11.1 Å². The van der Waals surface area contributed by atoms with E-state index in [-0.39, 0.29) is 25.3 Å². The normalized spacial score (nSPS) is 11.2. The molecule has 7 nitrogen and oxygen atoms in total. The number of aryl methyl sites for hydroxylation is 2. The SMILES string of the molecule is CC(=O)NC(CC(=O)OCC(=O)N(CCC#N)c1cc(C)cc(C)c1)c1ccc(Cl)cc1. The highest BCUT2D eigenvalue weighted by atomic mass is 35.5. The molecule has 0 fully saturated rings. The van der Waals surface area contributed by atoms with Crippen LogP contribution in [-0.2, 0) is 19.1 Å². The highest BCUT2D eigenvalue weighted by molar-refractivity contribution is 6.30. The fourth-order valence-corrected chi connectivity index (χ4v) is 3.43. The Morgan fingerprint density at radius 3 is 2.31 bits per heavy atom. The molecule has 0 radical (unpaired) electrons.